The van der Waals surface area contributed by atoms with Gasteiger partial charge in [0.25, 0.3) is 5.91 Å². The van der Waals surface area contributed by atoms with E-state index in [1.54, 1.807) is 4.90 Å². The van der Waals surface area contributed by atoms with Crippen molar-refractivity contribution < 1.29 is 14.3 Å². The van der Waals surface area contributed by atoms with E-state index in [4.69, 9.17) is 0 Å². The number of nitrogens with zero attached hydrogens (tertiary/aromatic N) is 1. The number of aromatic hydroxyl groups is 1. The first-order chi connectivity index (χ1) is 9.56. The molecule has 4 nitrogen and oxygen atoms in total. The number of amides is 1. The summed E-state index contributed by atoms with van der Waals surface area (Å²) in [4.78, 5) is 14.1. The molecule has 2 N–H and O–H groups in total. The molecule has 1 fully saturated rings. The molecular weight excluding hydrogens is 259 g/mol. The molecule has 2 atom stereocenters. The second kappa shape index (κ2) is 6.22. The minimum Gasteiger partial charge on any atom is -0.507 e. The number of nitrogens with one attached hydrogen (secondary N) is 1. The number of phenols is 1. The summed E-state index contributed by atoms with van der Waals surface area (Å²) < 4.78 is 13.2. The number of hydrogen-bond acceptors (Lipinski definition) is 3. The average molecular weight is 280 g/mol. The maximum atomic E-state index is 13.2. The molecule has 1 saturated heterocycles. The summed E-state index contributed by atoms with van der Waals surface area (Å²) in [6, 6.07) is 3.88. The lowest BCUT2D eigenvalue weighted by Gasteiger charge is -2.38. The summed E-state index contributed by atoms with van der Waals surface area (Å²) in [6.45, 7) is 3.36. The van der Waals surface area contributed by atoms with Crippen LogP contribution in [0.1, 0.15) is 30.1 Å². The molecule has 5 heteroatoms. The Balaban J connectivity index is 2.15. The molecule has 110 valence electrons. The predicted octanol–water partition coefficient (Wildman–Crippen LogP) is 1.99. The van der Waals surface area contributed by atoms with Crippen molar-refractivity contribution >= 4 is 5.91 Å². The summed E-state index contributed by atoms with van der Waals surface area (Å²) >= 11 is 0. The van der Waals surface area contributed by atoms with Crippen molar-refractivity contribution in [1.29, 1.82) is 0 Å². The highest BCUT2D eigenvalue weighted by Gasteiger charge is 2.30. The van der Waals surface area contributed by atoms with Crippen LogP contribution in [0.25, 0.3) is 0 Å². The molecule has 0 bridgehead atoms. The van der Waals surface area contributed by atoms with E-state index < -0.39 is 5.82 Å². The topological polar surface area (TPSA) is 52.6 Å². The SMILES string of the molecule is CCC1CN(C(=O)c2cc(F)ccc2O)CCC1NC. The normalized spacial score (nSPS) is 22.9. The van der Waals surface area contributed by atoms with E-state index in [1.165, 1.54) is 6.07 Å². The number of hydrogen-bond donors (Lipinski definition) is 2. The molecule has 0 radical (unpaired) electrons. The third-order valence-corrected chi connectivity index (χ3v) is 4.11. The van der Waals surface area contributed by atoms with Crippen LogP contribution in [0.2, 0.25) is 0 Å². The Morgan fingerprint density at radius 2 is 2.30 bits per heavy atom. The first kappa shape index (κ1) is 14.8. The molecule has 1 aromatic rings. The average Bonchev–Trinajstić information content (AvgIpc) is 2.48. The van der Waals surface area contributed by atoms with Gasteiger partial charge in [-0.3, -0.25) is 4.79 Å². The largest absolute Gasteiger partial charge is 0.507 e. The van der Waals surface area contributed by atoms with Crippen LogP contribution in [0.3, 0.4) is 0 Å². The maximum absolute atomic E-state index is 13.2. The van der Waals surface area contributed by atoms with Crippen molar-refractivity contribution in [1.82, 2.24) is 10.2 Å². The van der Waals surface area contributed by atoms with Gasteiger partial charge in [0.15, 0.2) is 0 Å². The maximum Gasteiger partial charge on any atom is 0.257 e. The lowest BCUT2D eigenvalue weighted by Crippen LogP contribution is -2.50. The van der Waals surface area contributed by atoms with Crippen LogP contribution in [0.5, 0.6) is 5.75 Å². The zero-order valence-electron chi connectivity index (χ0n) is 11.9. The van der Waals surface area contributed by atoms with Gasteiger partial charge in [-0.05, 0) is 37.6 Å². The first-order valence-electron chi connectivity index (χ1n) is 7.01. The summed E-state index contributed by atoms with van der Waals surface area (Å²) in [7, 11) is 1.93. The highest BCUT2D eigenvalue weighted by molar-refractivity contribution is 5.96. The number of likely N-dealkylation sites (tertiary alicyclic amines) is 1. The Morgan fingerprint density at radius 1 is 1.55 bits per heavy atom. The summed E-state index contributed by atoms with van der Waals surface area (Å²) in [6.07, 6.45) is 1.85. The molecule has 2 unspecified atom stereocenters. The van der Waals surface area contributed by atoms with Gasteiger partial charge < -0.3 is 15.3 Å². The summed E-state index contributed by atoms with van der Waals surface area (Å²) in [5.41, 5.74) is 0.0442. The van der Waals surface area contributed by atoms with Gasteiger partial charge in [0.05, 0.1) is 5.56 Å². The number of halogens is 1. The molecular formula is C15H21FN2O2. The second-order valence-electron chi connectivity index (χ2n) is 5.26. The molecule has 0 spiro atoms. The van der Waals surface area contributed by atoms with Crippen molar-refractivity contribution in [3.8, 4) is 5.75 Å². The highest BCUT2D eigenvalue weighted by Crippen LogP contribution is 2.25. The van der Waals surface area contributed by atoms with E-state index in [2.05, 4.69) is 12.2 Å². The van der Waals surface area contributed by atoms with Gasteiger partial charge in [0.1, 0.15) is 11.6 Å². The van der Waals surface area contributed by atoms with Crippen molar-refractivity contribution in [3.63, 3.8) is 0 Å². The van der Waals surface area contributed by atoms with Gasteiger partial charge in [-0.2, -0.15) is 0 Å². The van der Waals surface area contributed by atoms with Crippen LogP contribution in [0.4, 0.5) is 4.39 Å². The molecule has 1 aliphatic heterocycles. The number of phenolic OH excluding ortho intramolecular Hbond substituents is 1. The van der Waals surface area contributed by atoms with Gasteiger partial charge in [0, 0.05) is 19.1 Å². The predicted molar refractivity (Wildman–Crippen MR) is 75.2 cm³/mol. The third-order valence-electron chi connectivity index (χ3n) is 4.11. The van der Waals surface area contributed by atoms with Crippen LogP contribution in [0.15, 0.2) is 18.2 Å². The molecule has 0 aromatic heterocycles. The molecule has 1 aliphatic rings. The quantitative estimate of drug-likeness (QED) is 0.890. The van der Waals surface area contributed by atoms with Crippen LogP contribution in [0, 0.1) is 11.7 Å². The Bertz CT molecular complexity index is 493. The van der Waals surface area contributed by atoms with E-state index in [0.717, 1.165) is 25.0 Å². The monoisotopic (exact) mass is 280 g/mol. The van der Waals surface area contributed by atoms with E-state index in [9.17, 15) is 14.3 Å². The van der Waals surface area contributed by atoms with Crippen molar-refractivity contribution in [2.45, 2.75) is 25.8 Å². The molecule has 1 heterocycles. The minimum absolute atomic E-state index is 0.0442. The van der Waals surface area contributed by atoms with E-state index in [1.807, 2.05) is 7.05 Å². The van der Waals surface area contributed by atoms with Gasteiger partial charge >= 0.3 is 0 Å². The zero-order valence-corrected chi connectivity index (χ0v) is 11.9. The fraction of sp³-hybridized carbons (Fsp3) is 0.533. The van der Waals surface area contributed by atoms with Crippen LogP contribution in [-0.4, -0.2) is 42.1 Å². The number of benzene rings is 1. The van der Waals surface area contributed by atoms with Gasteiger partial charge in [-0.1, -0.05) is 13.3 Å². The van der Waals surface area contributed by atoms with E-state index >= 15 is 0 Å². The van der Waals surface area contributed by atoms with Crippen molar-refractivity contribution in [3.05, 3.63) is 29.6 Å². The van der Waals surface area contributed by atoms with Crippen LogP contribution < -0.4 is 5.32 Å². The molecule has 20 heavy (non-hydrogen) atoms. The van der Waals surface area contributed by atoms with E-state index in [-0.39, 0.29) is 17.2 Å². The number of carbonyl (C=O) groups is 1. The van der Waals surface area contributed by atoms with Gasteiger partial charge in [-0.15, -0.1) is 0 Å². The Labute approximate surface area is 118 Å². The smallest absolute Gasteiger partial charge is 0.257 e. The first-order valence-corrected chi connectivity index (χ1v) is 7.01. The molecule has 1 amide bonds. The van der Waals surface area contributed by atoms with E-state index in [0.29, 0.717) is 25.0 Å². The highest BCUT2D eigenvalue weighted by atomic mass is 19.1. The summed E-state index contributed by atoms with van der Waals surface area (Å²) in [5, 5.41) is 13.0. The van der Waals surface area contributed by atoms with Crippen LogP contribution in [-0.2, 0) is 0 Å². The number of piperidine rings is 1. The number of rotatable bonds is 3. The fourth-order valence-corrected chi connectivity index (χ4v) is 2.86. The lowest BCUT2D eigenvalue weighted by atomic mass is 9.89. The van der Waals surface area contributed by atoms with Gasteiger partial charge in [-0.25, -0.2) is 4.39 Å². The molecule has 0 saturated carbocycles. The van der Waals surface area contributed by atoms with Gasteiger partial charge in [0.2, 0.25) is 0 Å². The number of carbonyl (C=O) groups excluding carboxylic acids is 1. The fourth-order valence-electron chi connectivity index (χ4n) is 2.86. The molecule has 0 aliphatic carbocycles. The van der Waals surface area contributed by atoms with Crippen molar-refractivity contribution in [2.75, 3.05) is 20.1 Å². The Hall–Kier alpha value is -1.62. The standard InChI is InChI=1S/C15H21FN2O2/c1-3-10-9-18(7-6-13(10)17-2)15(20)12-8-11(16)4-5-14(12)19/h4-5,8,10,13,17,19H,3,6-7,9H2,1-2H3. The van der Waals surface area contributed by atoms with Crippen molar-refractivity contribution in [2.24, 2.45) is 5.92 Å². The second-order valence-corrected chi connectivity index (χ2v) is 5.26. The molecule has 1 aromatic carbocycles. The summed E-state index contributed by atoms with van der Waals surface area (Å²) in [5.74, 6) is -0.591. The zero-order chi connectivity index (χ0) is 14.7. The third kappa shape index (κ3) is 2.93. The minimum atomic E-state index is -0.511. The Kier molecular flexibility index (Phi) is 4.60. The lowest BCUT2D eigenvalue weighted by molar-refractivity contribution is 0.0628. The van der Waals surface area contributed by atoms with Crippen LogP contribution >= 0.6 is 0 Å². The Morgan fingerprint density at radius 3 is 2.95 bits per heavy atom. The molecule has 2 rings (SSSR count).